The second kappa shape index (κ2) is 6.37. The summed E-state index contributed by atoms with van der Waals surface area (Å²) >= 11 is 3.47. The summed E-state index contributed by atoms with van der Waals surface area (Å²) in [5.74, 6) is 0.213. The van der Waals surface area contributed by atoms with Gasteiger partial charge in [-0.15, -0.1) is 0 Å². The smallest absolute Gasteiger partial charge is 0.254 e. The molecule has 1 aliphatic rings. The van der Waals surface area contributed by atoms with Gasteiger partial charge in [0.25, 0.3) is 5.91 Å². The molecular weight excluding hydrogens is 290 g/mol. The Bertz CT molecular complexity index is 419. The molecule has 1 amide bonds. The van der Waals surface area contributed by atoms with Gasteiger partial charge in [-0.05, 0) is 44.2 Å². The van der Waals surface area contributed by atoms with E-state index in [4.69, 9.17) is 0 Å². The van der Waals surface area contributed by atoms with E-state index in [0.717, 1.165) is 48.7 Å². The monoisotopic (exact) mass is 309 g/mol. The van der Waals surface area contributed by atoms with E-state index in [2.05, 4.69) is 20.8 Å². The van der Waals surface area contributed by atoms with Crippen molar-refractivity contribution < 1.29 is 4.79 Å². The largest absolute Gasteiger partial charge is 0.336 e. The number of carbonyl (C=O) groups is 1. The van der Waals surface area contributed by atoms with Gasteiger partial charge < -0.3 is 4.90 Å². The van der Waals surface area contributed by atoms with Gasteiger partial charge >= 0.3 is 0 Å². The Balaban J connectivity index is 2.10. The minimum absolute atomic E-state index is 0.213. The van der Waals surface area contributed by atoms with Crippen LogP contribution in [0.2, 0.25) is 0 Å². The number of benzene rings is 1. The van der Waals surface area contributed by atoms with Crippen molar-refractivity contribution in [1.29, 1.82) is 0 Å². The molecule has 1 atom stereocenters. The predicted octanol–water partition coefficient (Wildman–Crippen LogP) is 3.77. The van der Waals surface area contributed by atoms with Gasteiger partial charge in [0, 0.05) is 23.5 Å². The lowest BCUT2D eigenvalue weighted by Gasteiger charge is -2.25. The quantitative estimate of drug-likeness (QED) is 0.775. The molecule has 2 nitrogen and oxygen atoms in total. The molecule has 0 spiro atoms. The first kappa shape index (κ1) is 13.6. The number of likely N-dealkylation sites (tertiary alicyclic amines) is 1. The molecule has 1 saturated heterocycles. The zero-order valence-electron chi connectivity index (χ0n) is 10.9. The molecule has 1 unspecified atom stereocenters. The number of nitrogens with zero attached hydrogens (tertiary/aromatic N) is 1. The maximum atomic E-state index is 12.6. The molecule has 0 N–H and O–H groups in total. The fourth-order valence-electron chi connectivity index (χ4n) is 2.68. The van der Waals surface area contributed by atoms with E-state index in [-0.39, 0.29) is 5.91 Å². The summed E-state index contributed by atoms with van der Waals surface area (Å²) in [7, 11) is 0. The van der Waals surface area contributed by atoms with E-state index < -0.39 is 0 Å². The highest BCUT2D eigenvalue weighted by Crippen LogP contribution is 2.24. The molecule has 1 aliphatic heterocycles. The second-order valence-electron chi connectivity index (χ2n) is 4.94. The van der Waals surface area contributed by atoms with Crippen molar-refractivity contribution in [2.75, 3.05) is 11.9 Å². The van der Waals surface area contributed by atoms with E-state index in [1.807, 2.05) is 31.2 Å². The molecule has 0 aliphatic carbocycles. The molecule has 0 radical (unpaired) electrons. The van der Waals surface area contributed by atoms with Crippen LogP contribution in [0.15, 0.2) is 24.3 Å². The Morgan fingerprint density at radius 1 is 1.44 bits per heavy atom. The number of amides is 1. The summed E-state index contributed by atoms with van der Waals surface area (Å²) in [6.45, 7) is 2.93. The van der Waals surface area contributed by atoms with Crippen LogP contribution in [0.3, 0.4) is 0 Å². The van der Waals surface area contributed by atoms with Crippen LogP contribution in [-0.4, -0.2) is 28.7 Å². The Kier molecular flexibility index (Phi) is 4.81. The molecule has 1 heterocycles. The molecule has 0 saturated carbocycles. The SMILES string of the molecule is Cc1ccccc1C(=O)N1CCCC1CCCBr. The number of carbonyl (C=O) groups excluding carboxylic acids is 1. The number of hydrogen-bond donors (Lipinski definition) is 0. The number of hydrogen-bond acceptors (Lipinski definition) is 1. The average Bonchev–Trinajstić information content (AvgIpc) is 2.84. The molecule has 3 heteroatoms. The van der Waals surface area contributed by atoms with Crippen LogP contribution >= 0.6 is 15.9 Å². The fourth-order valence-corrected chi connectivity index (χ4v) is 3.01. The van der Waals surface area contributed by atoms with E-state index in [1.54, 1.807) is 0 Å². The lowest BCUT2D eigenvalue weighted by molar-refractivity contribution is 0.0729. The Morgan fingerprint density at radius 3 is 2.94 bits per heavy atom. The summed E-state index contributed by atoms with van der Waals surface area (Å²) < 4.78 is 0. The first-order valence-electron chi connectivity index (χ1n) is 6.66. The standard InChI is InChI=1S/C15H20BrNO/c1-12-6-2-3-9-14(12)15(18)17-11-5-8-13(17)7-4-10-16/h2-3,6,9,13H,4-5,7-8,10-11H2,1H3. The molecular formula is C15H20BrNO. The fraction of sp³-hybridized carbons (Fsp3) is 0.533. The number of halogens is 1. The maximum absolute atomic E-state index is 12.6. The summed E-state index contributed by atoms with van der Waals surface area (Å²) in [6.07, 6.45) is 4.56. The number of aryl methyl sites for hydroxylation is 1. The van der Waals surface area contributed by atoms with Gasteiger partial charge in [-0.3, -0.25) is 4.79 Å². The summed E-state index contributed by atoms with van der Waals surface area (Å²) in [4.78, 5) is 14.6. The molecule has 98 valence electrons. The van der Waals surface area contributed by atoms with Gasteiger partial charge in [0.2, 0.25) is 0 Å². The lowest BCUT2D eigenvalue weighted by Crippen LogP contribution is -2.35. The molecule has 1 aromatic rings. The third-order valence-corrected chi connectivity index (χ3v) is 4.25. The predicted molar refractivity (Wildman–Crippen MR) is 78.3 cm³/mol. The van der Waals surface area contributed by atoms with Crippen LogP contribution < -0.4 is 0 Å². The van der Waals surface area contributed by atoms with E-state index in [0.29, 0.717) is 6.04 Å². The Hall–Kier alpha value is -0.830. The zero-order valence-corrected chi connectivity index (χ0v) is 12.4. The third kappa shape index (κ3) is 2.94. The molecule has 0 aromatic heterocycles. The van der Waals surface area contributed by atoms with Crippen molar-refractivity contribution >= 4 is 21.8 Å². The first-order chi connectivity index (χ1) is 8.74. The van der Waals surface area contributed by atoms with Crippen LogP contribution in [0.5, 0.6) is 0 Å². The lowest BCUT2D eigenvalue weighted by atomic mass is 10.1. The number of rotatable bonds is 4. The van der Waals surface area contributed by atoms with Crippen LogP contribution in [0.4, 0.5) is 0 Å². The molecule has 18 heavy (non-hydrogen) atoms. The van der Waals surface area contributed by atoms with Crippen LogP contribution in [0.25, 0.3) is 0 Å². The van der Waals surface area contributed by atoms with Gasteiger partial charge in [-0.2, -0.15) is 0 Å². The van der Waals surface area contributed by atoms with Crippen molar-refractivity contribution in [1.82, 2.24) is 4.90 Å². The summed E-state index contributed by atoms with van der Waals surface area (Å²) in [5, 5.41) is 1.02. The molecule has 2 rings (SSSR count). The highest BCUT2D eigenvalue weighted by Gasteiger charge is 2.29. The van der Waals surface area contributed by atoms with Crippen molar-refractivity contribution in [3.8, 4) is 0 Å². The molecule has 1 fully saturated rings. The third-order valence-electron chi connectivity index (χ3n) is 3.68. The van der Waals surface area contributed by atoms with E-state index in [1.165, 1.54) is 0 Å². The summed E-state index contributed by atoms with van der Waals surface area (Å²) in [6, 6.07) is 8.32. The van der Waals surface area contributed by atoms with Crippen molar-refractivity contribution in [2.45, 2.75) is 38.6 Å². The van der Waals surface area contributed by atoms with Gasteiger partial charge in [-0.1, -0.05) is 34.1 Å². The normalized spacial score (nSPS) is 19.2. The van der Waals surface area contributed by atoms with E-state index in [9.17, 15) is 4.79 Å². The number of alkyl halides is 1. The van der Waals surface area contributed by atoms with Crippen LogP contribution in [0.1, 0.15) is 41.6 Å². The van der Waals surface area contributed by atoms with Gasteiger partial charge in [-0.25, -0.2) is 0 Å². The second-order valence-corrected chi connectivity index (χ2v) is 5.73. The minimum atomic E-state index is 0.213. The van der Waals surface area contributed by atoms with E-state index >= 15 is 0 Å². The summed E-state index contributed by atoms with van der Waals surface area (Å²) in [5.41, 5.74) is 1.94. The van der Waals surface area contributed by atoms with Gasteiger partial charge in [0.1, 0.15) is 0 Å². The molecule has 0 bridgehead atoms. The van der Waals surface area contributed by atoms with Gasteiger partial charge in [0.05, 0.1) is 0 Å². The Labute approximate surface area is 117 Å². The maximum Gasteiger partial charge on any atom is 0.254 e. The topological polar surface area (TPSA) is 20.3 Å². The minimum Gasteiger partial charge on any atom is -0.336 e. The molecule has 1 aromatic carbocycles. The van der Waals surface area contributed by atoms with Crippen molar-refractivity contribution in [2.24, 2.45) is 0 Å². The zero-order chi connectivity index (χ0) is 13.0. The first-order valence-corrected chi connectivity index (χ1v) is 7.78. The average molecular weight is 310 g/mol. The van der Waals surface area contributed by atoms with Crippen molar-refractivity contribution in [3.05, 3.63) is 35.4 Å². The Morgan fingerprint density at radius 2 is 2.22 bits per heavy atom. The van der Waals surface area contributed by atoms with Crippen LogP contribution in [0, 0.1) is 6.92 Å². The highest BCUT2D eigenvalue weighted by molar-refractivity contribution is 9.09. The van der Waals surface area contributed by atoms with Crippen LogP contribution in [-0.2, 0) is 0 Å². The van der Waals surface area contributed by atoms with Gasteiger partial charge in [0.15, 0.2) is 0 Å². The van der Waals surface area contributed by atoms with Crippen molar-refractivity contribution in [3.63, 3.8) is 0 Å². The highest BCUT2D eigenvalue weighted by atomic mass is 79.9.